The zero-order chi connectivity index (χ0) is 44.1. The van der Waals surface area contributed by atoms with Crippen molar-refractivity contribution in [2.45, 2.75) is 175 Å². The van der Waals surface area contributed by atoms with Crippen molar-refractivity contribution in [3.8, 4) is 5.75 Å². The van der Waals surface area contributed by atoms with Gasteiger partial charge in [0, 0.05) is 18.5 Å². The highest BCUT2D eigenvalue weighted by molar-refractivity contribution is 6.00. The van der Waals surface area contributed by atoms with Gasteiger partial charge in [0.1, 0.15) is 29.5 Å². The Morgan fingerprint density at radius 1 is 1.07 bits per heavy atom. The smallest absolute Gasteiger partial charge is 0.316 e. The summed E-state index contributed by atoms with van der Waals surface area (Å²) in [6.45, 7) is 22.0. The normalized spacial score (nSPS) is 36.5. The molecule has 0 bridgehead atoms. The van der Waals surface area contributed by atoms with E-state index < -0.39 is 82.9 Å². The Labute approximate surface area is 348 Å². The molecule has 1 aromatic carbocycles. The van der Waals surface area contributed by atoms with Crippen LogP contribution in [0.5, 0.6) is 5.75 Å². The summed E-state index contributed by atoms with van der Waals surface area (Å²) >= 11 is 0. The first-order chi connectivity index (χ1) is 26.7. The standard InChI is InChI=1S/C45H76N2O11/c1-16-35-45(12,53)38(49)32(8)47(15)25-27(3)24-44(11,52)39(30(6)36(48)31(7)40(50)56-35)58-41-37(33(46(13)14)23-29(5)55-41)57-42(51)43(9,10)20-17-21-54-34-22-26(2)18-19-28(34)4/h18-19,22,27,29-33,35,37-39,41,49,52-53H,16-17,20-21,23-25H2,1-15H3/t27-,29-,30+,31-,32-,33?,35-,37-,38-,39-,41+,44-,45-/m1/s1. The molecule has 1 aromatic rings. The van der Waals surface area contributed by atoms with E-state index in [1.807, 2.05) is 90.7 Å². The third-order valence-corrected chi connectivity index (χ3v) is 12.6. The summed E-state index contributed by atoms with van der Waals surface area (Å²) in [5.41, 5.74) is -2.22. The lowest BCUT2D eigenvalue weighted by Gasteiger charge is -2.47. The molecule has 0 spiro atoms. The van der Waals surface area contributed by atoms with Gasteiger partial charge in [-0.15, -0.1) is 0 Å². The third kappa shape index (κ3) is 12.2. The fourth-order valence-electron chi connectivity index (χ4n) is 8.64. The first kappa shape index (κ1) is 49.7. The number of hydrogen-bond donors (Lipinski definition) is 3. The van der Waals surface area contributed by atoms with E-state index in [2.05, 4.69) is 0 Å². The highest BCUT2D eigenvalue weighted by atomic mass is 16.7. The Morgan fingerprint density at radius 2 is 1.71 bits per heavy atom. The predicted molar refractivity (Wildman–Crippen MR) is 222 cm³/mol. The van der Waals surface area contributed by atoms with Crippen LogP contribution in [0.1, 0.15) is 112 Å². The Kier molecular flexibility index (Phi) is 17.4. The highest BCUT2D eigenvalue weighted by Crippen LogP contribution is 2.37. The molecule has 3 N–H and O–H groups in total. The van der Waals surface area contributed by atoms with Gasteiger partial charge in [0.05, 0.1) is 35.9 Å². The van der Waals surface area contributed by atoms with Gasteiger partial charge in [0.25, 0.3) is 0 Å². The van der Waals surface area contributed by atoms with E-state index in [0.29, 0.717) is 32.4 Å². The summed E-state index contributed by atoms with van der Waals surface area (Å²) in [5, 5.41) is 35.3. The van der Waals surface area contributed by atoms with Crippen molar-refractivity contribution in [1.82, 2.24) is 9.80 Å². The number of Topliss-reactive ketones (excluding diaryl/α,β-unsaturated/α-hetero) is 1. The van der Waals surface area contributed by atoms with Crippen LogP contribution in [-0.2, 0) is 33.3 Å². The molecule has 2 heterocycles. The van der Waals surface area contributed by atoms with Gasteiger partial charge in [-0.1, -0.05) is 32.9 Å². The number of carbonyl (C=O) groups is 3. The second-order valence-electron chi connectivity index (χ2n) is 18.9. The molecule has 1 unspecified atom stereocenters. The highest BCUT2D eigenvalue weighted by Gasteiger charge is 2.51. The molecular formula is C45H76N2O11. The second kappa shape index (κ2) is 20.3. The lowest BCUT2D eigenvalue weighted by atomic mass is 9.78. The lowest BCUT2D eigenvalue weighted by Crippen LogP contribution is -2.60. The summed E-state index contributed by atoms with van der Waals surface area (Å²) < 4.78 is 31.4. The summed E-state index contributed by atoms with van der Waals surface area (Å²) in [7, 11) is 5.61. The number of esters is 2. The van der Waals surface area contributed by atoms with E-state index in [1.54, 1.807) is 27.7 Å². The second-order valence-corrected chi connectivity index (χ2v) is 18.9. The van der Waals surface area contributed by atoms with Gasteiger partial charge < -0.3 is 48.8 Å². The molecule has 0 aromatic heterocycles. The van der Waals surface area contributed by atoms with Crippen LogP contribution in [0.2, 0.25) is 0 Å². The van der Waals surface area contributed by atoms with Gasteiger partial charge in [0.2, 0.25) is 0 Å². The molecule has 0 saturated carbocycles. The van der Waals surface area contributed by atoms with Crippen molar-refractivity contribution in [3.63, 3.8) is 0 Å². The number of carbonyl (C=O) groups excluding carboxylic acids is 3. The van der Waals surface area contributed by atoms with Crippen LogP contribution in [0.4, 0.5) is 0 Å². The number of ether oxygens (including phenoxy) is 5. The molecule has 13 heteroatoms. The van der Waals surface area contributed by atoms with Crippen LogP contribution in [0.25, 0.3) is 0 Å². The number of aliphatic hydroxyl groups excluding tert-OH is 1. The Bertz CT molecular complexity index is 1530. The van der Waals surface area contributed by atoms with Gasteiger partial charge in [-0.3, -0.25) is 14.4 Å². The molecule has 0 radical (unpaired) electrons. The van der Waals surface area contributed by atoms with Crippen molar-refractivity contribution in [2.75, 3.05) is 34.3 Å². The number of benzene rings is 1. The molecule has 0 aliphatic carbocycles. The molecule has 332 valence electrons. The van der Waals surface area contributed by atoms with Crippen LogP contribution in [0.15, 0.2) is 18.2 Å². The fourth-order valence-corrected chi connectivity index (χ4v) is 8.64. The zero-order valence-electron chi connectivity index (χ0n) is 38.0. The molecule has 58 heavy (non-hydrogen) atoms. The van der Waals surface area contributed by atoms with E-state index in [9.17, 15) is 29.7 Å². The number of hydrogen-bond acceptors (Lipinski definition) is 13. The van der Waals surface area contributed by atoms with Gasteiger partial charge >= 0.3 is 11.9 Å². The number of ketones is 1. The Balaban J connectivity index is 1.96. The molecule has 2 aliphatic rings. The van der Waals surface area contributed by atoms with Crippen molar-refractivity contribution >= 4 is 17.7 Å². The molecule has 13 atom stereocenters. The van der Waals surface area contributed by atoms with Gasteiger partial charge in [-0.2, -0.15) is 0 Å². The SMILES string of the molecule is CC[C@H]1OC(=O)[C@H](C)C(=O)[C@H](C)[C@@H](O[C@@H]2O[C@H](C)CC(N(C)C)[C@H]2OC(=O)C(C)(C)CCCOc2cc(C)ccc2C)[C@](C)(O)C[C@@H](C)CN(C)[C@H](C)[C@@H](O)[C@]1(C)O. The van der Waals surface area contributed by atoms with Crippen LogP contribution >= 0.6 is 0 Å². The fraction of sp³-hybridized carbons (Fsp3) is 0.800. The van der Waals surface area contributed by atoms with Crippen LogP contribution in [0.3, 0.4) is 0 Å². The largest absolute Gasteiger partial charge is 0.493 e. The minimum absolute atomic E-state index is 0.163. The van der Waals surface area contributed by atoms with Crippen molar-refractivity contribution in [2.24, 2.45) is 23.2 Å². The zero-order valence-corrected chi connectivity index (χ0v) is 38.0. The van der Waals surface area contributed by atoms with Crippen LogP contribution in [0, 0.1) is 37.0 Å². The van der Waals surface area contributed by atoms with E-state index in [0.717, 1.165) is 16.9 Å². The minimum Gasteiger partial charge on any atom is -0.493 e. The van der Waals surface area contributed by atoms with E-state index in [1.165, 1.54) is 13.8 Å². The molecule has 0 amide bonds. The van der Waals surface area contributed by atoms with Crippen molar-refractivity contribution in [1.29, 1.82) is 0 Å². The number of aryl methyl sites for hydroxylation is 2. The average Bonchev–Trinajstić information content (AvgIpc) is 3.13. The number of rotatable bonds is 11. The first-order valence-electron chi connectivity index (χ1n) is 21.2. The monoisotopic (exact) mass is 821 g/mol. The van der Waals surface area contributed by atoms with E-state index in [-0.39, 0.29) is 30.9 Å². The number of aliphatic hydroxyl groups is 3. The van der Waals surface area contributed by atoms with E-state index in [4.69, 9.17) is 23.7 Å². The number of nitrogens with zero attached hydrogens (tertiary/aromatic N) is 2. The average molecular weight is 821 g/mol. The maximum absolute atomic E-state index is 14.3. The predicted octanol–water partition coefficient (Wildman–Crippen LogP) is 5.24. The molecule has 13 nitrogen and oxygen atoms in total. The van der Waals surface area contributed by atoms with Gasteiger partial charge in [0.15, 0.2) is 18.2 Å². The Morgan fingerprint density at radius 3 is 2.31 bits per heavy atom. The summed E-state index contributed by atoms with van der Waals surface area (Å²) in [5.74, 6) is -3.56. The van der Waals surface area contributed by atoms with Crippen molar-refractivity contribution < 1.29 is 53.4 Å². The van der Waals surface area contributed by atoms with Crippen LogP contribution < -0.4 is 4.74 Å². The van der Waals surface area contributed by atoms with Crippen molar-refractivity contribution in [3.05, 3.63) is 29.3 Å². The molecule has 3 rings (SSSR count). The van der Waals surface area contributed by atoms with Gasteiger partial charge in [-0.25, -0.2) is 0 Å². The third-order valence-electron chi connectivity index (χ3n) is 12.6. The summed E-state index contributed by atoms with van der Waals surface area (Å²) in [6, 6.07) is 5.18. The minimum atomic E-state index is -1.82. The number of likely N-dealkylation sites (N-methyl/N-ethyl adjacent to an activating group) is 2. The molecular weight excluding hydrogens is 744 g/mol. The Hall–Kier alpha value is -2.65. The topological polar surface area (TPSA) is 165 Å². The molecule has 2 saturated heterocycles. The maximum Gasteiger partial charge on any atom is 0.316 e. The summed E-state index contributed by atoms with van der Waals surface area (Å²) in [4.78, 5) is 45.8. The van der Waals surface area contributed by atoms with Crippen LogP contribution in [-0.4, -0.2) is 137 Å². The van der Waals surface area contributed by atoms with Gasteiger partial charge in [-0.05, 0) is 139 Å². The summed E-state index contributed by atoms with van der Waals surface area (Å²) in [6.07, 6.45) is -4.05. The maximum atomic E-state index is 14.3. The first-order valence-corrected chi connectivity index (χ1v) is 21.2. The lowest BCUT2D eigenvalue weighted by molar-refractivity contribution is -0.297. The molecule has 2 fully saturated rings. The van der Waals surface area contributed by atoms with E-state index >= 15 is 0 Å². The number of cyclic esters (lactones) is 1. The molecule has 2 aliphatic heterocycles. The quantitative estimate of drug-likeness (QED) is 0.151.